The summed E-state index contributed by atoms with van der Waals surface area (Å²) in [5.41, 5.74) is 0.404. The predicted molar refractivity (Wildman–Crippen MR) is 56.4 cm³/mol. The van der Waals surface area contributed by atoms with E-state index in [0.29, 0.717) is 5.56 Å². The van der Waals surface area contributed by atoms with Gasteiger partial charge in [0.25, 0.3) is 0 Å². The molecule has 1 aromatic heterocycles. The lowest BCUT2D eigenvalue weighted by atomic mass is 10.1. The summed E-state index contributed by atoms with van der Waals surface area (Å²) in [4.78, 5) is 14.0. The van der Waals surface area contributed by atoms with E-state index >= 15 is 0 Å². The van der Waals surface area contributed by atoms with Gasteiger partial charge in [0.05, 0.1) is 5.56 Å². The van der Waals surface area contributed by atoms with Gasteiger partial charge in [0.1, 0.15) is 0 Å². The molecular weight excluding hydrogens is 270 g/mol. The third-order valence-electron chi connectivity index (χ3n) is 2.06. The molecule has 0 atom stereocenters. The molecule has 5 nitrogen and oxygen atoms in total. The van der Waals surface area contributed by atoms with E-state index in [1.54, 1.807) is 0 Å². The Balaban J connectivity index is 2.32. The second kappa shape index (κ2) is 4.34. The monoisotopic (exact) mass is 274 g/mol. The summed E-state index contributed by atoms with van der Waals surface area (Å²) in [5, 5.41) is 8.29. The molecule has 0 saturated heterocycles. The lowest BCUT2D eigenvalue weighted by Gasteiger charge is -1.98. The summed E-state index contributed by atoms with van der Waals surface area (Å²) < 4.78 is 29.6. The van der Waals surface area contributed by atoms with Gasteiger partial charge in [-0.05, 0) is 23.7 Å². The SMILES string of the molecule is O=C(O)c1ccc(-c2noc(C(F)(F)Cl)n2)cc1. The predicted octanol–water partition coefficient (Wildman–Crippen LogP) is 2.72. The zero-order valence-electron chi connectivity index (χ0n) is 8.60. The summed E-state index contributed by atoms with van der Waals surface area (Å²) in [5.74, 6) is -2.20. The van der Waals surface area contributed by atoms with Crippen molar-refractivity contribution in [1.82, 2.24) is 10.1 Å². The minimum Gasteiger partial charge on any atom is -0.478 e. The van der Waals surface area contributed by atoms with Crippen LogP contribution in [0.25, 0.3) is 11.4 Å². The first kappa shape index (κ1) is 12.4. The van der Waals surface area contributed by atoms with Crippen molar-refractivity contribution in [2.45, 2.75) is 5.38 Å². The number of rotatable bonds is 3. The third-order valence-corrected chi connectivity index (χ3v) is 2.22. The molecule has 2 rings (SSSR count). The van der Waals surface area contributed by atoms with E-state index < -0.39 is 17.2 Å². The van der Waals surface area contributed by atoms with E-state index in [9.17, 15) is 13.6 Å². The van der Waals surface area contributed by atoms with Crippen LogP contribution in [0, 0.1) is 0 Å². The quantitative estimate of drug-likeness (QED) is 0.871. The summed E-state index contributed by atoms with van der Waals surface area (Å²) in [6, 6.07) is 5.36. The number of aromatic carboxylic acids is 1. The Kier molecular flexibility index (Phi) is 3.00. The van der Waals surface area contributed by atoms with Gasteiger partial charge in [-0.2, -0.15) is 13.8 Å². The molecule has 0 saturated carbocycles. The van der Waals surface area contributed by atoms with E-state index in [1.165, 1.54) is 24.3 Å². The number of aromatic nitrogens is 2. The highest BCUT2D eigenvalue weighted by molar-refractivity contribution is 6.21. The Hall–Kier alpha value is -2.02. The largest absolute Gasteiger partial charge is 0.478 e. The molecule has 0 spiro atoms. The first-order valence-corrected chi connectivity index (χ1v) is 5.00. The average Bonchev–Trinajstić information content (AvgIpc) is 2.78. The van der Waals surface area contributed by atoms with Crippen LogP contribution >= 0.6 is 11.6 Å². The molecule has 0 amide bonds. The molecule has 1 heterocycles. The summed E-state index contributed by atoms with van der Waals surface area (Å²) in [6.45, 7) is 0. The van der Waals surface area contributed by atoms with E-state index in [1.807, 2.05) is 0 Å². The van der Waals surface area contributed by atoms with E-state index in [4.69, 9.17) is 16.7 Å². The van der Waals surface area contributed by atoms with Crippen molar-refractivity contribution < 1.29 is 23.2 Å². The molecule has 0 radical (unpaired) electrons. The number of halogens is 3. The van der Waals surface area contributed by atoms with Gasteiger partial charge in [-0.3, -0.25) is 0 Å². The summed E-state index contributed by atoms with van der Waals surface area (Å²) >= 11 is 4.72. The number of benzene rings is 1. The fourth-order valence-electron chi connectivity index (χ4n) is 1.22. The Bertz CT molecular complexity index is 578. The van der Waals surface area contributed by atoms with Crippen LogP contribution in [-0.2, 0) is 5.38 Å². The van der Waals surface area contributed by atoms with Gasteiger partial charge in [-0.1, -0.05) is 17.3 Å². The van der Waals surface area contributed by atoms with Crippen LogP contribution < -0.4 is 0 Å². The van der Waals surface area contributed by atoms with Crippen molar-refractivity contribution in [2.24, 2.45) is 0 Å². The maximum Gasteiger partial charge on any atom is 0.400 e. The molecule has 1 aromatic carbocycles. The Morgan fingerprint density at radius 3 is 2.39 bits per heavy atom. The van der Waals surface area contributed by atoms with Gasteiger partial charge in [0, 0.05) is 5.56 Å². The highest BCUT2D eigenvalue weighted by Crippen LogP contribution is 2.32. The average molecular weight is 275 g/mol. The standard InChI is InChI=1S/C10H5ClF2N2O3/c11-10(12,13)9-14-7(15-18-9)5-1-3-6(4-2-5)8(16)17/h1-4H,(H,16,17). The lowest BCUT2D eigenvalue weighted by Crippen LogP contribution is -2.03. The number of hydrogen-bond donors (Lipinski definition) is 1. The van der Waals surface area contributed by atoms with Crippen LogP contribution in [0.1, 0.15) is 16.2 Å². The van der Waals surface area contributed by atoms with E-state index in [2.05, 4.69) is 14.7 Å². The number of hydrogen-bond acceptors (Lipinski definition) is 4. The fraction of sp³-hybridized carbons (Fsp3) is 0.100. The van der Waals surface area contributed by atoms with Gasteiger partial charge in [0.15, 0.2) is 0 Å². The molecule has 18 heavy (non-hydrogen) atoms. The molecule has 0 aliphatic heterocycles. The maximum absolute atomic E-state index is 12.6. The molecule has 1 N–H and O–H groups in total. The van der Waals surface area contributed by atoms with Crippen molar-refractivity contribution >= 4 is 17.6 Å². The molecule has 0 fully saturated rings. The van der Waals surface area contributed by atoms with Gasteiger partial charge in [0.2, 0.25) is 5.82 Å². The number of alkyl halides is 3. The van der Waals surface area contributed by atoms with Crippen molar-refractivity contribution in [3.63, 3.8) is 0 Å². The van der Waals surface area contributed by atoms with Crippen molar-refractivity contribution in [1.29, 1.82) is 0 Å². The minimum atomic E-state index is -3.73. The Labute approximate surface area is 104 Å². The topological polar surface area (TPSA) is 76.2 Å². The van der Waals surface area contributed by atoms with Crippen LogP contribution in [0.5, 0.6) is 0 Å². The lowest BCUT2D eigenvalue weighted by molar-refractivity contribution is 0.0550. The zero-order chi connectivity index (χ0) is 13.3. The number of nitrogens with zero attached hydrogens (tertiary/aromatic N) is 2. The second-order valence-electron chi connectivity index (χ2n) is 3.30. The smallest absolute Gasteiger partial charge is 0.400 e. The zero-order valence-corrected chi connectivity index (χ0v) is 9.36. The van der Waals surface area contributed by atoms with Gasteiger partial charge >= 0.3 is 17.2 Å². The normalized spacial score (nSPS) is 11.5. The van der Waals surface area contributed by atoms with E-state index in [-0.39, 0.29) is 11.4 Å². The van der Waals surface area contributed by atoms with Crippen molar-refractivity contribution in [3.05, 3.63) is 35.7 Å². The third kappa shape index (κ3) is 2.45. The highest BCUT2D eigenvalue weighted by Gasteiger charge is 2.35. The van der Waals surface area contributed by atoms with Crippen LogP contribution in [0.2, 0.25) is 0 Å². The Morgan fingerprint density at radius 2 is 1.94 bits per heavy atom. The van der Waals surface area contributed by atoms with Crippen molar-refractivity contribution in [2.75, 3.05) is 0 Å². The molecule has 8 heteroatoms. The summed E-state index contributed by atoms with van der Waals surface area (Å²) in [6.07, 6.45) is 0. The minimum absolute atomic E-state index is 0.0603. The molecule has 94 valence electrons. The molecule has 0 bridgehead atoms. The first-order chi connectivity index (χ1) is 8.38. The maximum atomic E-state index is 12.6. The van der Waals surface area contributed by atoms with Crippen LogP contribution in [0.15, 0.2) is 28.8 Å². The van der Waals surface area contributed by atoms with Crippen LogP contribution in [0.3, 0.4) is 0 Å². The summed E-state index contributed by atoms with van der Waals surface area (Å²) in [7, 11) is 0. The van der Waals surface area contributed by atoms with Gasteiger partial charge in [-0.25, -0.2) is 4.79 Å². The van der Waals surface area contributed by atoms with E-state index in [0.717, 1.165) is 0 Å². The molecular formula is C10H5ClF2N2O3. The molecule has 0 aliphatic carbocycles. The fourth-order valence-corrected chi connectivity index (χ4v) is 1.29. The van der Waals surface area contributed by atoms with Crippen molar-refractivity contribution in [3.8, 4) is 11.4 Å². The molecule has 0 unspecified atom stereocenters. The van der Waals surface area contributed by atoms with Crippen LogP contribution in [0.4, 0.5) is 8.78 Å². The molecule has 2 aromatic rings. The number of carbonyl (C=O) groups is 1. The number of carboxylic acid groups (broad SMARTS) is 1. The molecule has 0 aliphatic rings. The number of carboxylic acids is 1. The highest BCUT2D eigenvalue weighted by atomic mass is 35.5. The Morgan fingerprint density at radius 1 is 1.33 bits per heavy atom. The van der Waals surface area contributed by atoms with Crippen LogP contribution in [-0.4, -0.2) is 21.2 Å². The van der Waals surface area contributed by atoms with Gasteiger partial charge in [-0.15, -0.1) is 0 Å². The second-order valence-corrected chi connectivity index (χ2v) is 3.78. The first-order valence-electron chi connectivity index (χ1n) is 4.62. The van der Waals surface area contributed by atoms with Gasteiger partial charge < -0.3 is 9.63 Å².